The molecule has 6 nitrogen and oxygen atoms in total. The SMILES string of the molecule is O=[N+]([O-])c1ccc(C(F)(F)F)cc1CSc1nnc(-c2ccc(Br)cc2)o1. The van der Waals surface area contributed by atoms with Crippen LogP contribution in [0.5, 0.6) is 0 Å². The van der Waals surface area contributed by atoms with Crippen LogP contribution in [0.1, 0.15) is 11.1 Å². The number of hydrogen-bond donors (Lipinski definition) is 0. The van der Waals surface area contributed by atoms with E-state index in [4.69, 9.17) is 4.42 Å². The maximum Gasteiger partial charge on any atom is 0.416 e. The van der Waals surface area contributed by atoms with Crippen molar-refractivity contribution < 1.29 is 22.5 Å². The van der Waals surface area contributed by atoms with Crippen molar-refractivity contribution in [1.29, 1.82) is 0 Å². The molecule has 1 heterocycles. The zero-order valence-corrected chi connectivity index (χ0v) is 15.6. The second-order valence-electron chi connectivity index (χ2n) is 5.27. The van der Waals surface area contributed by atoms with E-state index in [2.05, 4.69) is 26.1 Å². The summed E-state index contributed by atoms with van der Waals surface area (Å²) in [6, 6.07) is 9.38. The zero-order valence-electron chi connectivity index (χ0n) is 13.2. The topological polar surface area (TPSA) is 82.1 Å². The number of alkyl halides is 3. The van der Waals surface area contributed by atoms with Crippen LogP contribution in [0, 0.1) is 10.1 Å². The van der Waals surface area contributed by atoms with Gasteiger partial charge in [0.2, 0.25) is 5.89 Å². The van der Waals surface area contributed by atoms with Crippen LogP contribution in [-0.4, -0.2) is 15.1 Å². The highest BCUT2D eigenvalue weighted by atomic mass is 79.9. The quantitative estimate of drug-likeness (QED) is 0.275. The average Bonchev–Trinajstić information content (AvgIpc) is 3.08. The van der Waals surface area contributed by atoms with Gasteiger partial charge in [0.05, 0.1) is 10.5 Å². The van der Waals surface area contributed by atoms with E-state index in [0.29, 0.717) is 11.6 Å². The predicted octanol–water partition coefficient (Wildman–Crippen LogP) is 5.72. The minimum atomic E-state index is -4.59. The van der Waals surface area contributed by atoms with E-state index < -0.39 is 22.4 Å². The Morgan fingerprint density at radius 1 is 1.15 bits per heavy atom. The fourth-order valence-electron chi connectivity index (χ4n) is 2.17. The van der Waals surface area contributed by atoms with Gasteiger partial charge in [-0.3, -0.25) is 10.1 Å². The van der Waals surface area contributed by atoms with Crippen LogP contribution in [0.4, 0.5) is 18.9 Å². The monoisotopic (exact) mass is 459 g/mol. The fourth-order valence-corrected chi connectivity index (χ4v) is 3.18. The highest BCUT2D eigenvalue weighted by molar-refractivity contribution is 9.10. The lowest BCUT2D eigenvalue weighted by Crippen LogP contribution is -2.06. The molecule has 0 aliphatic heterocycles. The van der Waals surface area contributed by atoms with Gasteiger partial charge in [-0.15, -0.1) is 10.2 Å². The van der Waals surface area contributed by atoms with Gasteiger partial charge in [0.15, 0.2) is 0 Å². The minimum absolute atomic E-state index is 0.0804. The molecular formula is C16H9BrF3N3O3S. The molecule has 0 spiro atoms. The lowest BCUT2D eigenvalue weighted by atomic mass is 10.1. The molecule has 0 unspecified atom stereocenters. The first-order chi connectivity index (χ1) is 12.7. The van der Waals surface area contributed by atoms with Gasteiger partial charge < -0.3 is 4.42 Å². The van der Waals surface area contributed by atoms with Crippen LogP contribution >= 0.6 is 27.7 Å². The molecular weight excluding hydrogens is 451 g/mol. The van der Waals surface area contributed by atoms with Gasteiger partial charge in [-0.25, -0.2) is 0 Å². The van der Waals surface area contributed by atoms with E-state index in [1.807, 2.05) is 0 Å². The minimum Gasteiger partial charge on any atom is -0.411 e. The molecule has 27 heavy (non-hydrogen) atoms. The Balaban J connectivity index is 1.80. The molecule has 11 heteroatoms. The van der Waals surface area contributed by atoms with Crippen LogP contribution in [0.2, 0.25) is 0 Å². The molecule has 140 valence electrons. The molecule has 3 aromatic rings. The van der Waals surface area contributed by atoms with Gasteiger partial charge in [0.25, 0.3) is 10.9 Å². The van der Waals surface area contributed by atoms with E-state index in [0.717, 1.165) is 28.4 Å². The van der Waals surface area contributed by atoms with E-state index in [1.54, 1.807) is 24.3 Å². The zero-order chi connectivity index (χ0) is 19.6. The molecule has 1 aromatic heterocycles. The van der Waals surface area contributed by atoms with Crippen LogP contribution in [0.15, 0.2) is 56.6 Å². The van der Waals surface area contributed by atoms with Gasteiger partial charge in [-0.2, -0.15) is 13.2 Å². The van der Waals surface area contributed by atoms with Crippen LogP contribution in [0.3, 0.4) is 0 Å². The molecule has 0 saturated carbocycles. The number of halogens is 4. The van der Waals surface area contributed by atoms with E-state index in [1.165, 1.54) is 0 Å². The number of nitrogens with zero attached hydrogens (tertiary/aromatic N) is 3. The predicted molar refractivity (Wildman–Crippen MR) is 95.1 cm³/mol. The lowest BCUT2D eigenvalue weighted by Gasteiger charge is -2.08. The number of benzene rings is 2. The molecule has 0 amide bonds. The Bertz CT molecular complexity index is 977. The number of aromatic nitrogens is 2. The Morgan fingerprint density at radius 2 is 1.85 bits per heavy atom. The summed E-state index contributed by atoms with van der Waals surface area (Å²) in [7, 11) is 0. The van der Waals surface area contributed by atoms with E-state index in [9.17, 15) is 23.3 Å². The summed E-state index contributed by atoms with van der Waals surface area (Å²) in [5.41, 5.74) is -0.765. The Morgan fingerprint density at radius 3 is 2.48 bits per heavy atom. The van der Waals surface area contributed by atoms with Crippen molar-refractivity contribution in [2.75, 3.05) is 0 Å². The smallest absolute Gasteiger partial charge is 0.411 e. The standard InChI is InChI=1S/C16H9BrF3N3O3S/c17-12-4-1-9(2-5-12)14-21-22-15(26-14)27-8-10-7-11(16(18,19)20)3-6-13(10)23(24)25/h1-7H,8H2. The number of nitro benzene ring substituents is 1. The number of thioether (sulfide) groups is 1. The van der Waals surface area contributed by atoms with Gasteiger partial charge in [-0.05, 0) is 36.4 Å². The number of hydrogen-bond acceptors (Lipinski definition) is 6. The summed E-state index contributed by atoms with van der Waals surface area (Å²) in [5, 5.41) is 18.9. The van der Waals surface area contributed by atoms with Crippen LogP contribution in [-0.2, 0) is 11.9 Å². The number of rotatable bonds is 5. The largest absolute Gasteiger partial charge is 0.416 e. The van der Waals surface area contributed by atoms with Crippen molar-refractivity contribution in [2.24, 2.45) is 0 Å². The van der Waals surface area contributed by atoms with Crippen LogP contribution in [0.25, 0.3) is 11.5 Å². The Labute approximate surface area is 163 Å². The van der Waals surface area contributed by atoms with Gasteiger partial charge >= 0.3 is 6.18 Å². The molecule has 0 radical (unpaired) electrons. The molecule has 0 aliphatic carbocycles. The summed E-state index contributed by atoms with van der Waals surface area (Å²) >= 11 is 4.23. The normalized spacial score (nSPS) is 11.6. The van der Waals surface area contributed by atoms with Crippen molar-refractivity contribution in [1.82, 2.24) is 10.2 Å². The molecule has 0 fully saturated rings. The first kappa shape index (κ1) is 19.4. The Hall–Kier alpha value is -2.40. The fraction of sp³-hybridized carbons (Fsp3) is 0.125. The summed E-state index contributed by atoms with van der Waals surface area (Å²) in [4.78, 5) is 10.3. The molecule has 0 atom stereocenters. The summed E-state index contributed by atoms with van der Waals surface area (Å²) < 4.78 is 44.9. The van der Waals surface area contributed by atoms with Crippen molar-refractivity contribution >= 4 is 33.4 Å². The van der Waals surface area contributed by atoms with Gasteiger partial charge in [-0.1, -0.05) is 27.7 Å². The molecule has 2 aromatic carbocycles. The second kappa shape index (κ2) is 7.69. The summed E-state index contributed by atoms with van der Waals surface area (Å²) in [6.45, 7) is 0. The molecule has 0 saturated heterocycles. The summed E-state index contributed by atoms with van der Waals surface area (Å²) in [5.74, 6) is 0.117. The summed E-state index contributed by atoms with van der Waals surface area (Å²) in [6.07, 6.45) is -4.59. The maximum absolute atomic E-state index is 12.9. The third kappa shape index (κ3) is 4.66. The molecule has 3 rings (SSSR count). The van der Waals surface area contributed by atoms with Crippen LogP contribution < -0.4 is 0 Å². The first-order valence-electron chi connectivity index (χ1n) is 7.31. The average molecular weight is 460 g/mol. The molecule has 0 aliphatic rings. The lowest BCUT2D eigenvalue weighted by molar-refractivity contribution is -0.385. The second-order valence-corrected chi connectivity index (χ2v) is 7.11. The molecule has 0 N–H and O–H groups in total. The van der Waals surface area contributed by atoms with Crippen molar-refractivity contribution in [3.8, 4) is 11.5 Å². The van der Waals surface area contributed by atoms with E-state index >= 15 is 0 Å². The first-order valence-corrected chi connectivity index (χ1v) is 9.08. The Kier molecular flexibility index (Phi) is 5.51. The highest BCUT2D eigenvalue weighted by Crippen LogP contribution is 2.35. The van der Waals surface area contributed by atoms with Gasteiger partial charge in [0.1, 0.15) is 0 Å². The van der Waals surface area contributed by atoms with E-state index in [-0.39, 0.29) is 22.4 Å². The highest BCUT2D eigenvalue weighted by Gasteiger charge is 2.32. The maximum atomic E-state index is 12.9. The third-order valence-electron chi connectivity index (χ3n) is 3.45. The van der Waals surface area contributed by atoms with Crippen molar-refractivity contribution in [2.45, 2.75) is 17.2 Å². The third-order valence-corrected chi connectivity index (χ3v) is 4.85. The molecule has 0 bridgehead atoms. The van der Waals surface area contributed by atoms with Gasteiger partial charge in [0, 0.05) is 27.4 Å². The van der Waals surface area contributed by atoms with Crippen molar-refractivity contribution in [3.05, 3.63) is 68.2 Å². The number of nitro groups is 1. The van der Waals surface area contributed by atoms with Crippen molar-refractivity contribution in [3.63, 3.8) is 0 Å².